The molecule has 1 rings (SSSR count). The van der Waals surface area contributed by atoms with Gasteiger partial charge in [-0.25, -0.2) is 0 Å². The van der Waals surface area contributed by atoms with Gasteiger partial charge in [0.05, 0.1) is 11.0 Å². The number of hydrogen-bond donors (Lipinski definition) is 1. The van der Waals surface area contributed by atoms with E-state index in [0.717, 1.165) is 4.48 Å². The van der Waals surface area contributed by atoms with Gasteiger partial charge in [0.2, 0.25) is 0 Å². The number of nitrogens with zero attached hydrogens (tertiary/aromatic N) is 1. The summed E-state index contributed by atoms with van der Waals surface area (Å²) in [5.74, 6) is 0. The Hall–Kier alpha value is -1.09. The fraction of sp³-hybridized carbons (Fsp3) is 0.100. The summed E-state index contributed by atoms with van der Waals surface area (Å²) in [7, 11) is 0. The van der Waals surface area contributed by atoms with Crippen molar-refractivity contribution < 1.29 is 0 Å². The molecule has 0 aliphatic heterocycles. The number of aliphatic imine (C=N–C) groups is 1. The largest absolute Gasteiger partial charge is 0.404 e. The fourth-order valence-electron chi connectivity index (χ4n) is 0.865. The van der Waals surface area contributed by atoms with Crippen LogP contribution in [0.4, 0.5) is 0 Å². The van der Waals surface area contributed by atoms with Crippen LogP contribution in [0.25, 0.3) is 0 Å². The van der Waals surface area contributed by atoms with Crippen LogP contribution in [0.15, 0.2) is 46.0 Å². The van der Waals surface area contributed by atoms with Crippen molar-refractivity contribution in [2.45, 2.75) is 6.54 Å². The molecule has 0 bridgehead atoms. The Balaban J connectivity index is 2.48. The lowest BCUT2D eigenvalue weighted by molar-refractivity contribution is 1.08. The summed E-state index contributed by atoms with van der Waals surface area (Å²) in [6.07, 6.45) is 3.17. The molecule has 2 nitrogen and oxygen atoms in total. The molecule has 0 unspecified atom stereocenters. The molecule has 0 saturated carbocycles. The molecule has 0 atom stereocenters. The Kier molecular flexibility index (Phi) is 4.26. The highest BCUT2D eigenvalue weighted by molar-refractivity contribution is 9.12. The third-order valence-electron chi connectivity index (χ3n) is 1.49. The van der Waals surface area contributed by atoms with E-state index in [0.29, 0.717) is 6.54 Å². The summed E-state index contributed by atoms with van der Waals surface area (Å²) >= 11 is 3.24. The monoisotopic (exact) mass is 238 g/mol. The van der Waals surface area contributed by atoms with Gasteiger partial charge < -0.3 is 5.73 Å². The van der Waals surface area contributed by atoms with Crippen molar-refractivity contribution in [3.8, 4) is 0 Å². The maximum Gasteiger partial charge on any atom is 0.0640 e. The topological polar surface area (TPSA) is 38.4 Å². The molecule has 2 N–H and O–H groups in total. The summed E-state index contributed by atoms with van der Waals surface area (Å²) in [6.45, 7) is 0.684. The highest BCUT2D eigenvalue weighted by Crippen LogP contribution is 2.02. The second-order valence-electron chi connectivity index (χ2n) is 2.51. The molecule has 0 spiro atoms. The maximum atomic E-state index is 5.25. The zero-order valence-corrected chi connectivity index (χ0v) is 8.74. The van der Waals surface area contributed by atoms with E-state index < -0.39 is 0 Å². The molecular formula is C10H11BrN2. The van der Waals surface area contributed by atoms with Gasteiger partial charge >= 0.3 is 0 Å². The van der Waals surface area contributed by atoms with E-state index in [4.69, 9.17) is 5.73 Å². The van der Waals surface area contributed by atoms with Crippen molar-refractivity contribution in [2.24, 2.45) is 10.7 Å². The van der Waals surface area contributed by atoms with Crippen molar-refractivity contribution in [1.29, 1.82) is 0 Å². The van der Waals surface area contributed by atoms with Gasteiger partial charge in [-0.2, -0.15) is 0 Å². The predicted molar refractivity (Wildman–Crippen MR) is 59.8 cm³/mol. The van der Waals surface area contributed by atoms with Crippen LogP contribution in [-0.4, -0.2) is 6.21 Å². The molecule has 13 heavy (non-hydrogen) atoms. The zero-order valence-electron chi connectivity index (χ0n) is 7.15. The number of benzene rings is 1. The lowest BCUT2D eigenvalue weighted by Gasteiger charge is -1.93. The van der Waals surface area contributed by atoms with Crippen LogP contribution in [0.2, 0.25) is 0 Å². The Morgan fingerprint density at radius 3 is 2.69 bits per heavy atom. The number of halogens is 1. The van der Waals surface area contributed by atoms with Gasteiger partial charge in [-0.1, -0.05) is 30.3 Å². The smallest absolute Gasteiger partial charge is 0.0640 e. The molecule has 0 fully saturated rings. The summed E-state index contributed by atoms with van der Waals surface area (Å²) in [5.41, 5.74) is 6.44. The molecule has 0 radical (unpaired) electrons. The third-order valence-corrected chi connectivity index (χ3v) is 1.96. The zero-order chi connectivity index (χ0) is 9.52. The van der Waals surface area contributed by atoms with Crippen molar-refractivity contribution in [3.63, 3.8) is 0 Å². The Morgan fingerprint density at radius 2 is 2.08 bits per heavy atom. The van der Waals surface area contributed by atoms with Crippen LogP contribution in [-0.2, 0) is 6.54 Å². The van der Waals surface area contributed by atoms with Crippen LogP contribution in [0.5, 0.6) is 0 Å². The van der Waals surface area contributed by atoms with E-state index in [1.54, 1.807) is 6.21 Å². The highest BCUT2D eigenvalue weighted by Gasteiger charge is 1.86. The molecule has 0 heterocycles. The first-order valence-corrected chi connectivity index (χ1v) is 4.73. The predicted octanol–water partition coefficient (Wildman–Crippen LogP) is 2.45. The van der Waals surface area contributed by atoms with Crippen LogP contribution < -0.4 is 5.73 Å². The second-order valence-corrected chi connectivity index (χ2v) is 3.42. The van der Waals surface area contributed by atoms with Crippen molar-refractivity contribution >= 4 is 22.1 Å². The van der Waals surface area contributed by atoms with E-state index in [9.17, 15) is 0 Å². The molecule has 0 saturated heterocycles. The van der Waals surface area contributed by atoms with Gasteiger partial charge in [0.25, 0.3) is 0 Å². The molecular weight excluding hydrogens is 228 g/mol. The van der Waals surface area contributed by atoms with Gasteiger partial charge in [-0.15, -0.1) is 0 Å². The number of nitrogens with two attached hydrogens (primary N) is 1. The molecule has 68 valence electrons. The summed E-state index contributed by atoms with van der Waals surface area (Å²) in [5, 5.41) is 0. The minimum atomic E-state index is 0.684. The van der Waals surface area contributed by atoms with Gasteiger partial charge in [-0.3, -0.25) is 4.99 Å². The molecule has 0 aliphatic rings. The lowest BCUT2D eigenvalue weighted by Crippen LogP contribution is -1.84. The van der Waals surface area contributed by atoms with Crippen LogP contribution in [0.1, 0.15) is 5.56 Å². The number of allylic oxidation sites excluding steroid dienone is 1. The van der Waals surface area contributed by atoms with E-state index >= 15 is 0 Å². The van der Waals surface area contributed by atoms with Gasteiger partial charge in [-0.05, 0) is 21.5 Å². The summed E-state index contributed by atoms with van der Waals surface area (Å²) < 4.78 is 0.795. The van der Waals surface area contributed by atoms with E-state index in [2.05, 4.69) is 20.9 Å². The summed E-state index contributed by atoms with van der Waals surface area (Å²) in [6, 6.07) is 10.1. The van der Waals surface area contributed by atoms with Crippen LogP contribution >= 0.6 is 15.9 Å². The SMILES string of the molecule is NC=C(Br)C=NCc1ccccc1. The first-order chi connectivity index (χ1) is 6.33. The molecule has 0 aliphatic carbocycles. The molecule has 3 heteroatoms. The van der Waals surface area contributed by atoms with Gasteiger partial charge in [0, 0.05) is 12.4 Å². The average molecular weight is 239 g/mol. The van der Waals surface area contributed by atoms with Gasteiger partial charge in [0.1, 0.15) is 0 Å². The van der Waals surface area contributed by atoms with Crippen molar-refractivity contribution in [3.05, 3.63) is 46.6 Å². The Bertz CT molecular complexity index is 304. The van der Waals surface area contributed by atoms with Crippen molar-refractivity contribution in [2.75, 3.05) is 0 Å². The summed E-state index contributed by atoms with van der Waals surface area (Å²) in [4.78, 5) is 4.19. The lowest BCUT2D eigenvalue weighted by atomic mass is 10.2. The Labute approximate surface area is 86.3 Å². The molecule has 0 aromatic heterocycles. The maximum absolute atomic E-state index is 5.25. The number of rotatable bonds is 3. The normalized spacial score (nSPS) is 12.2. The minimum Gasteiger partial charge on any atom is -0.404 e. The quantitative estimate of drug-likeness (QED) is 0.808. The molecule has 0 amide bonds. The van der Waals surface area contributed by atoms with Crippen LogP contribution in [0.3, 0.4) is 0 Å². The second kappa shape index (κ2) is 5.54. The van der Waals surface area contributed by atoms with E-state index in [-0.39, 0.29) is 0 Å². The molecule has 1 aromatic rings. The molecule has 1 aromatic carbocycles. The van der Waals surface area contributed by atoms with E-state index in [1.165, 1.54) is 11.8 Å². The standard InChI is InChI=1S/C10H11BrN2/c11-10(6-12)8-13-7-9-4-2-1-3-5-9/h1-6,8H,7,12H2. The fourth-order valence-corrected chi connectivity index (χ4v) is 1.01. The Morgan fingerprint density at radius 1 is 1.38 bits per heavy atom. The van der Waals surface area contributed by atoms with E-state index in [1.807, 2.05) is 30.3 Å². The van der Waals surface area contributed by atoms with Crippen LogP contribution in [0, 0.1) is 0 Å². The first-order valence-electron chi connectivity index (χ1n) is 3.94. The first kappa shape index (κ1) is 9.99. The minimum absolute atomic E-state index is 0.684. The highest BCUT2D eigenvalue weighted by atomic mass is 79.9. The third kappa shape index (κ3) is 3.90. The van der Waals surface area contributed by atoms with Crippen molar-refractivity contribution in [1.82, 2.24) is 0 Å². The average Bonchev–Trinajstić information content (AvgIpc) is 2.19. The number of hydrogen-bond acceptors (Lipinski definition) is 2. The van der Waals surface area contributed by atoms with Gasteiger partial charge in [0.15, 0.2) is 0 Å².